The van der Waals surface area contributed by atoms with E-state index in [4.69, 9.17) is 23.2 Å². The highest BCUT2D eigenvalue weighted by Gasteiger charge is 2.20. The van der Waals surface area contributed by atoms with E-state index >= 15 is 0 Å². The fourth-order valence-electron chi connectivity index (χ4n) is 2.20. The van der Waals surface area contributed by atoms with Crippen LogP contribution in [-0.2, 0) is 4.79 Å². The summed E-state index contributed by atoms with van der Waals surface area (Å²) in [6, 6.07) is 13.5. The van der Waals surface area contributed by atoms with Crippen LogP contribution in [0.3, 0.4) is 0 Å². The average molecular weight is 336 g/mol. The number of ketones is 1. The molecule has 1 unspecified atom stereocenters. The molecule has 0 fully saturated rings. The minimum absolute atomic E-state index is 0.0645. The van der Waals surface area contributed by atoms with Crippen molar-refractivity contribution < 1.29 is 9.59 Å². The maximum atomic E-state index is 12.4. The van der Waals surface area contributed by atoms with E-state index in [9.17, 15) is 9.59 Å². The Hall–Kier alpha value is -1.84. The zero-order valence-corrected chi connectivity index (χ0v) is 13.5. The van der Waals surface area contributed by atoms with Gasteiger partial charge >= 0.3 is 0 Å². The van der Waals surface area contributed by atoms with Crippen LogP contribution in [0.15, 0.2) is 48.5 Å². The number of hydrogen-bond donors (Lipinski definition) is 1. The first-order chi connectivity index (χ1) is 10.5. The van der Waals surface area contributed by atoms with Gasteiger partial charge in [-0.25, -0.2) is 0 Å². The molecule has 0 spiro atoms. The molecule has 0 aliphatic carbocycles. The van der Waals surface area contributed by atoms with Crippen molar-refractivity contribution in [2.24, 2.45) is 0 Å². The van der Waals surface area contributed by atoms with E-state index in [1.807, 2.05) is 6.07 Å². The van der Waals surface area contributed by atoms with Crippen molar-refractivity contribution in [3.8, 4) is 0 Å². The van der Waals surface area contributed by atoms with Crippen LogP contribution >= 0.6 is 23.2 Å². The highest BCUT2D eigenvalue weighted by atomic mass is 35.5. The lowest BCUT2D eigenvalue weighted by Crippen LogP contribution is -2.28. The normalized spacial score (nSPS) is 11.8. The number of carbonyl (C=O) groups is 2. The van der Waals surface area contributed by atoms with Gasteiger partial charge in [0.25, 0.3) is 0 Å². The third kappa shape index (κ3) is 4.33. The second-order valence-corrected chi connectivity index (χ2v) is 5.76. The summed E-state index contributed by atoms with van der Waals surface area (Å²) in [5.74, 6) is -0.290. The van der Waals surface area contributed by atoms with E-state index < -0.39 is 6.04 Å². The van der Waals surface area contributed by atoms with Crippen LogP contribution in [0.25, 0.3) is 0 Å². The van der Waals surface area contributed by atoms with Gasteiger partial charge in [0, 0.05) is 29.0 Å². The van der Waals surface area contributed by atoms with Gasteiger partial charge in [-0.1, -0.05) is 59.6 Å². The third-order valence-electron chi connectivity index (χ3n) is 3.20. The predicted molar refractivity (Wildman–Crippen MR) is 88.4 cm³/mol. The largest absolute Gasteiger partial charge is 0.349 e. The Balaban J connectivity index is 2.26. The van der Waals surface area contributed by atoms with E-state index in [1.54, 1.807) is 42.5 Å². The van der Waals surface area contributed by atoms with Gasteiger partial charge < -0.3 is 5.32 Å². The molecule has 5 heteroatoms. The Labute approximate surface area is 139 Å². The fourth-order valence-corrected chi connectivity index (χ4v) is 2.74. The van der Waals surface area contributed by atoms with Crippen molar-refractivity contribution in [1.82, 2.24) is 5.32 Å². The molecule has 0 aliphatic heterocycles. The molecule has 1 atom stereocenters. The summed E-state index contributed by atoms with van der Waals surface area (Å²) < 4.78 is 0. The molecule has 2 aromatic rings. The van der Waals surface area contributed by atoms with Crippen LogP contribution < -0.4 is 5.32 Å². The first-order valence-corrected chi connectivity index (χ1v) is 7.53. The number of halogens is 2. The molecule has 0 aromatic heterocycles. The third-order valence-corrected chi connectivity index (χ3v) is 3.76. The quantitative estimate of drug-likeness (QED) is 0.821. The van der Waals surface area contributed by atoms with Gasteiger partial charge in [-0.15, -0.1) is 0 Å². The highest BCUT2D eigenvalue weighted by molar-refractivity contribution is 6.35. The zero-order valence-electron chi connectivity index (χ0n) is 12.0. The van der Waals surface area contributed by atoms with E-state index in [-0.39, 0.29) is 18.1 Å². The molecule has 0 saturated heterocycles. The Morgan fingerprint density at radius 1 is 1.09 bits per heavy atom. The number of amides is 1. The maximum absolute atomic E-state index is 12.4. The average Bonchev–Trinajstić information content (AvgIpc) is 2.47. The molecule has 0 heterocycles. The number of Topliss-reactive ketones (excluding diaryl/α,β-unsaturated/α-hetero) is 1. The van der Waals surface area contributed by atoms with Crippen molar-refractivity contribution in [3.63, 3.8) is 0 Å². The van der Waals surface area contributed by atoms with E-state index in [0.29, 0.717) is 21.2 Å². The lowest BCUT2D eigenvalue weighted by atomic mass is 9.97. The van der Waals surface area contributed by atoms with Gasteiger partial charge in [-0.3, -0.25) is 9.59 Å². The summed E-state index contributed by atoms with van der Waals surface area (Å²) in [5.41, 5.74) is 1.27. The van der Waals surface area contributed by atoms with Crippen LogP contribution in [0.2, 0.25) is 10.0 Å². The number of benzene rings is 2. The molecule has 0 aliphatic rings. The Bertz CT molecular complexity index is 686. The zero-order chi connectivity index (χ0) is 16.1. The van der Waals surface area contributed by atoms with Gasteiger partial charge in [0.1, 0.15) is 0 Å². The molecule has 2 aromatic carbocycles. The number of nitrogens with one attached hydrogen (secondary N) is 1. The van der Waals surface area contributed by atoms with Crippen molar-refractivity contribution >= 4 is 34.9 Å². The van der Waals surface area contributed by atoms with E-state index in [2.05, 4.69) is 5.32 Å². The van der Waals surface area contributed by atoms with Gasteiger partial charge in [-0.05, 0) is 17.7 Å². The van der Waals surface area contributed by atoms with Crippen LogP contribution in [0.5, 0.6) is 0 Å². The van der Waals surface area contributed by atoms with Crippen molar-refractivity contribution in [2.45, 2.75) is 19.4 Å². The van der Waals surface area contributed by atoms with E-state index in [1.165, 1.54) is 6.92 Å². The summed E-state index contributed by atoms with van der Waals surface area (Å²) in [7, 11) is 0. The smallest absolute Gasteiger partial charge is 0.217 e. The summed E-state index contributed by atoms with van der Waals surface area (Å²) in [6.45, 7) is 1.41. The minimum Gasteiger partial charge on any atom is -0.349 e. The molecule has 0 radical (unpaired) electrons. The van der Waals surface area contributed by atoms with Gasteiger partial charge in [0.2, 0.25) is 5.91 Å². The molecule has 22 heavy (non-hydrogen) atoms. The predicted octanol–water partition coefficient (Wildman–Crippen LogP) is 4.44. The molecule has 0 bridgehead atoms. The Morgan fingerprint density at radius 3 is 2.36 bits per heavy atom. The van der Waals surface area contributed by atoms with Gasteiger partial charge in [0.15, 0.2) is 5.78 Å². The molecular formula is C17H15Cl2NO2. The molecule has 0 saturated carbocycles. The Morgan fingerprint density at radius 2 is 1.77 bits per heavy atom. The van der Waals surface area contributed by atoms with Crippen LogP contribution in [0.4, 0.5) is 0 Å². The van der Waals surface area contributed by atoms with Crippen molar-refractivity contribution in [1.29, 1.82) is 0 Å². The number of rotatable bonds is 5. The molecule has 1 amide bonds. The first-order valence-electron chi connectivity index (χ1n) is 6.77. The van der Waals surface area contributed by atoms with E-state index in [0.717, 1.165) is 0 Å². The number of hydrogen-bond acceptors (Lipinski definition) is 2. The topological polar surface area (TPSA) is 46.2 Å². The summed E-state index contributed by atoms with van der Waals surface area (Å²) in [6.07, 6.45) is 0.130. The molecular weight excluding hydrogens is 321 g/mol. The SMILES string of the molecule is CC(=O)NC(CC(=O)c1ccccc1)c1ccc(Cl)cc1Cl. The number of carbonyl (C=O) groups excluding carboxylic acids is 2. The van der Waals surface area contributed by atoms with Crippen molar-refractivity contribution in [3.05, 3.63) is 69.7 Å². The second-order valence-electron chi connectivity index (χ2n) is 4.91. The fraction of sp³-hybridized carbons (Fsp3) is 0.176. The monoisotopic (exact) mass is 335 g/mol. The minimum atomic E-state index is -0.491. The van der Waals surface area contributed by atoms with Gasteiger partial charge in [0.05, 0.1) is 6.04 Å². The van der Waals surface area contributed by atoms with Crippen LogP contribution in [-0.4, -0.2) is 11.7 Å². The summed E-state index contributed by atoms with van der Waals surface area (Å²) in [5, 5.41) is 3.70. The highest BCUT2D eigenvalue weighted by Crippen LogP contribution is 2.29. The summed E-state index contributed by atoms with van der Waals surface area (Å²) in [4.78, 5) is 23.8. The second kappa shape index (κ2) is 7.43. The van der Waals surface area contributed by atoms with Crippen molar-refractivity contribution in [2.75, 3.05) is 0 Å². The maximum Gasteiger partial charge on any atom is 0.217 e. The van der Waals surface area contributed by atoms with Crippen LogP contribution in [0, 0.1) is 0 Å². The van der Waals surface area contributed by atoms with Gasteiger partial charge in [-0.2, -0.15) is 0 Å². The Kier molecular flexibility index (Phi) is 5.58. The first kappa shape index (κ1) is 16.5. The summed E-state index contributed by atoms with van der Waals surface area (Å²) >= 11 is 12.1. The van der Waals surface area contributed by atoms with Crippen LogP contribution in [0.1, 0.15) is 35.3 Å². The molecule has 3 nitrogen and oxygen atoms in total. The lowest BCUT2D eigenvalue weighted by molar-refractivity contribution is -0.119. The molecule has 1 N–H and O–H groups in total. The standard InChI is InChI=1S/C17H15Cl2NO2/c1-11(21)20-16(14-8-7-13(18)9-15(14)19)10-17(22)12-5-3-2-4-6-12/h2-9,16H,10H2,1H3,(H,20,21). The molecule has 2 rings (SSSR count). The lowest BCUT2D eigenvalue weighted by Gasteiger charge is -2.19. The molecule has 114 valence electrons.